The summed E-state index contributed by atoms with van der Waals surface area (Å²) in [6.45, 7) is 3.59. The third-order valence-electron chi connectivity index (χ3n) is 5.71. The van der Waals surface area contributed by atoms with E-state index in [1.165, 1.54) is 11.1 Å². The Kier molecular flexibility index (Phi) is 4.05. The molecule has 2 aliphatic heterocycles. The van der Waals surface area contributed by atoms with Crippen LogP contribution in [0.15, 0.2) is 53.1 Å². The Morgan fingerprint density at radius 2 is 2.04 bits per heavy atom. The molecule has 0 bridgehead atoms. The minimum absolute atomic E-state index is 0.0102. The monoisotopic (exact) mass is 362 g/mol. The molecular weight excluding hydrogens is 340 g/mol. The Morgan fingerprint density at radius 1 is 1.15 bits per heavy atom. The first-order valence-corrected chi connectivity index (χ1v) is 9.47. The van der Waals surface area contributed by atoms with Crippen molar-refractivity contribution in [3.05, 3.63) is 65.5 Å². The third kappa shape index (κ3) is 3.06. The Hall–Kier alpha value is -2.86. The molecule has 2 aliphatic rings. The fourth-order valence-electron chi connectivity index (χ4n) is 4.20. The molecule has 1 N–H and O–H groups in total. The summed E-state index contributed by atoms with van der Waals surface area (Å²) < 4.78 is 5.36. The van der Waals surface area contributed by atoms with E-state index in [-0.39, 0.29) is 5.91 Å². The van der Waals surface area contributed by atoms with Crippen LogP contribution in [0.3, 0.4) is 0 Å². The lowest BCUT2D eigenvalue weighted by Crippen LogP contribution is -2.41. The number of benzene rings is 1. The molecule has 6 nitrogen and oxygen atoms in total. The molecule has 138 valence electrons. The predicted octanol–water partition coefficient (Wildman–Crippen LogP) is 2.94. The number of carbonyl (C=O) groups excluding carboxylic acids is 1. The number of fused-ring (bicyclic) bond motifs is 1. The second-order valence-electron chi connectivity index (χ2n) is 7.33. The van der Waals surface area contributed by atoms with E-state index in [0.717, 1.165) is 44.7 Å². The zero-order valence-corrected chi connectivity index (χ0v) is 15.1. The largest absolute Gasteiger partial charge is 0.463 e. The van der Waals surface area contributed by atoms with E-state index in [9.17, 15) is 4.79 Å². The van der Waals surface area contributed by atoms with Gasteiger partial charge in [-0.05, 0) is 36.1 Å². The molecule has 5 rings (SSSR count). The summed E-state index contributed by atoms with van der Waals surface area (Å²) in [6.07, 6.45) is 3.72. The van der Waals surface area contributed by atoms with Gasteiger partial charge in [-0.1, -0.05) is 24.3 Å². The molecule has 1 atom stereocenters. The highest BCUT2D eigenvalue weighted by molar-refractivity contribution is 5.93. The van der Waals surface area contributed by atoms with E-state index >= 15 is 0 Å². The van der Waals surface area contributed by atoms with Crippen molar-refractivity contribution in [2.24, 2.45) is 0 Å². The summed E-state index contributed by atoms with van der Waals surface area (Å²) in [4.78, 5) is 17.3. The lowest BCUT2D eigenvalue weighted by Gasteiger charge is -2.33. The number of rotatable bonds is 3. The lowest BCUT2D eigenvalue weighted by atomic mass is 9.98. The first-order chi connectivity index (χ1) is 13.3. The van der Waals surface area contributed by atoms with E-state index < -0.39 is 0 Å². The van der Waals surface area contributed by atoms with Gasteiger partial charge >= 0.3 is 0 Å². The van der Waals surface area contributed by atoms with Crippen LogP contribution in [-0.4, -0.2) is 51.6 Å². The number of H-pyrrole nitrogens is 1. The summed E-state index contributed by atoms with van der Waals surface area (Å²) in [5, 5.41) is 7.09. The smallest absolute Gasteiger partial charge is 0.274 e. The first-order valence-electron chi connectivity index (χ1n) is 9.47. The van der Waals surface area contributed by atoms with Gasteiger partial charge in [-0.25, -0.2) is 0 Å². The van der Waals surface area contributed by atoms with E-state index in [1.54, 1.807) is 12.3 Å². The Balaban J connectivity index is 1.25. The van der Waals surface area contributed by atoms with Crippen LogP contribution in [0.1, 0.15) is 28.0 Å². The van der Waals surface area contributed by atoms with Crippen molar-refractivity contribution in [3.8, 4) is 11.5 Å². The SMILES string of the molecule is O=C(c1cc(-c2ccco2)[nH]n1)N1CCC(N2CCc3ccccc3C2)C1. The summed E-state index contributed by atoms with van der Waals surface area (Å²) >= 11 is 0. The standard InChI is InChI=1S/C21H22N4O2/c26-21(19-12-18(22-23-19)20-6-3-11-27-20)25-10-8-17(14-25)24-9-7-15-4-1-2-5-16(15)13-24/h1-6,11-12,17H,7-10,13-14H2,(H,22,23). The first kappa shape index (κ1) is 16.3. The molecule has 1 amide bonds. The lowest BCUT2D eigenvalue weighted by molar-refractivity contribution is 0.0767. The normalized spacial score (nSPS) is 20.0. The maximum absolute atomic E-state index is 12.9. The number of aromatic nitrogens is 2. The zero-order valence-electron chi connectivity index (χ0n) is 15.1. The van der Waals surface area contributed by atoms with Gasteiger partial charge in [0.15, 0.2) is 11.5 Å². The Morgan fingerprint density at radius 3 is 2.89 bits per heavy atom. The van der Waals surface area contributed by atoms with Gasteiger partial charge in [0.25, 0.3) is 5.91 Å². The molecule has 1 fully saturated rings. The van der Waals surface area contributed by atoms with Crippen LogP contribution in [0.4, 0.5) is 0 Å². The van der Waals surface area contributed by atoms with E-state index in [4.69, 9.17) is 4.42 Å². The van der Waals surface area contributed by atoms with Crippen LogP contribution in [0, 0.1) is 0 Å². The number of hydrogen-bond acceptors (Lipinski definition) is 4. The molecule has 4 heterocycles. The molecule has 1 saturated heterocycles. The Labute approximate surface area is 157 Å². The van der Waals surface area contributed by atoms with E-state index in [2.05, 4.69) is 39.4 Å². The summed E-state index contributed by atoms with van der Waals surface area (Å²) in [5.74, 6) is 0.678. The van der Waals surface area contributed by atoms with E-state index in [0.29, 0.717) is 17.5 Å². The van der Waals surface area contributed by atoms with Gasteiger partial charge in [-0.15, -0.1) is 0 Å². The molecule has 2 aromatic heterocycles. The molecule has 1 aromatic carbocycles. The van der Waals surface area contributed by atoms with Crippen LogP contribution < -0.4 is 0 Å². The minimum Gasteiger partial charge on any atom is -0.463 e. The van der Waals surface area contributed by atoms with Crippen LogP contribution >= 0.6 is 0 Å². The summed E-state index contributed by atoms with van der Waals surface area (Å²) in [5.41, 5.74) is 4.06. The van der Waals surface area contributed by atoms with Crippen LogP contribution in [0.5, 0.6) is 0 Å². The van der Waals surface area contributed by atoms with E-state index in [1.807, 2.05) is 17.0 Å². The molecule has 1 unspecified atom stereocenters. The molecule has 6 heteroatoms. The molecular formula is C21H22N4O2. The van der Waals surface area contributed by atoms with Gasteiger partial charge in [-0.2, -0.15) is 5.10 Å². The molecule has 0 radical (unpaired) electrons. The van der Waals surface area contributed by atoms with Gasteiger partial charge < -0.3 is 9.32 Å². The number of hydrogen-bond donors (Lipinski definition) is 1. The van der Waals surface area contributed by atoms with Crippen molar-refractivity contribution in [2.75, 3.05) is 19.6 Å². The topological polar surface area (TPSA) is 65.4 Å². The van der Waals surface area contributed by atoms with Crippen LogP contribution in [0.2, 0.25) is 0 Å². The minimum atomic E-state index is -0.0102. The fraction of sp³-hybridized carbons (Fsp3) is 0.333. The number of likely N-dealkylation sites (tertiary alicyclic amines) is 1. The highest BCUT2D eigenvalue weighted by atomic mass is 16.3. The third-order valence-corrected chi connectivity index (χ3v) is 5.71. The molecule has 0 spiro atoms. The number of furan rings is 1. The van der Waals surface area contributed by atoms with Crippen LogP contribution in [0.25, 0.3) is 11.5 Å². The number of amides is 1. The summed E-state index contributed by atoms with van der Waals surface area (Å²) in [7, 11) is 0. The van der Waals surface area contributed by atoms with Gasteiger partial charge in [0.2, 0.25) is 0 Å². The average Bonchev–Trinajstić information content (AvgIpc) is 3.48. The number of nitrogens with one attached hydrogen (secondary N) is 1. The second-order valence-corrected chi connectivity index (χ2v) is 7.33. The number of aromatic amines is 1. The van der Waals surface area contributed by atoms with Crippen molar-refractivity contribution in [3.63, 3.8) is 0 Å². The predicted molar refractivity (Wildman–Crippen MR) is 101 cm³/mol. The summed E-state index contributed by atoms with van der Waals surface area (Å²) in [6, 6.07) is 14.5. The van der Waals surface area contributed by atoms with Gasteiger partial charge in [-0.3, -0.25) is 14.8 Å². The van der Waals surface area contributed by atoms with Crippen LogP contribution in [-0.2, 0) is 13.0 Å². The fourth-order valence-corrected chi connectivity index (χ4v) is 4.20. The van der Waals surface area contributed by atoms with Crippen molar-refractivity contribution in [2.45, 2.75) is 25.4 Å². The maximum atomic E-state index is 12.9. The van der Waals surface area contributed by atoms with Crippen molar-refractivity contribution < 1.29 is 9.21 Å². The molecule has 0 saturated carbocycles. The van der Waals surface area contributed by atoms with Gasteiger partial charge in [0, 0.05) is 38.3 Å². The molecule has 3 aromatic rings. The van der Waals surface area contributed by atoms with Gasteiger partial charge in [0.1, 0.15) is 5.69 Å². The molecule has 0 aliphatic carbocycles. The Bertz CT molecular complexity index is 947. The van der Waals surface area contributed by atoms with Crippen molar-refractivity contribution >= 4 is 5.91 Å². The number of carbonyl (C=O) groups is 1. The van der Waals surface area contributed by atoms with Crippen molar-refractivity contribution in [1.82, 2.24) is 20.0 Å². The second kappa shape index (κ2) is 6.70. The highest BCUT2D eigenvalue weighted by Crippen LogP contribution is 2.25. The quantitative estimate of drug-likeness (QED) is 0.778. The highest BCUT2D eigenvalue weighted by Gasteiger charge is 2.33. The molecule has 27 heavy (non-hydrogen) atoms. The van der Waals surface area contributed by atoms with Crippen molar-refractivity contribution in [1.29, 1.82) is 0 Å². The maximum Gasteiger partial charge on any atom is 0.274 e. The average molecular weight is 362 g/mol. The number of nitrogens with zero attached hydrogens (tertiary/aromatic N) is 3. The van der Waals surface area contributed by atoms with Gasteiger partial charge in [0.05, 0.1) is 6.26 Å². The zero-order chi connectivity index (χ0) is 18.2.